The van der Waals surface area contributed by atoms with Crippen molar-refractivity contribution in [1.29, 1.82) is 0 Å². The number of piperazine rings is 1. The van der Waals surface area contributed by atoms with E-state index in [1.807, 2.05) is 0 Å². The second kappa shape index (κ2) is 6.46. The van der Waals surface area contributed by atoms with Crippen LogP contribution in [0.15, 0.2) is 0 Å². The Balaban J connectivity index is 2.18. The summed E-state index contributed by atoms with van der Waals surface area (Å²) in [6.07, 6.45) is 0. The van der Waals surface area contributed by atoms with Gasteiger partial charge in [0, 0.05) is 39.3 Å². The van der Waals surface area contributed by atoms with Gasteiger partial charge >= 0.3 is 0 Å². The molecule has 1 unspecified atom stereocenters. The van der Waals surface area contributed by atoms with Gasteiger partial charge in [-0.25, -0.2) is 0 Å². The van der Waals surface area contributed by atoms with Crippen molar-refractivity contribution in [3.63, 3.8) is 0 Å². The molecule has 0 radical (unpaired) electrons. The lowest BCUT2D eigenvalue weighted by atomic mass is 10.1. The second-order valence-electron chi connectivity index (χ2n) is 5.34. The molecular weight excluding hydrogens is 186 g/mol. The summed E-state index contributed by atoms with van der Waals surface area (Å²) in [6, 6.07) is 0. The van der Waals surface area contributed by atoms with Gasteiger partial charge in [-0.05, 0) is 18.4 Å². The summed E-state index contributed by atoms with van der Waals surface area (Å²) in [5.41, 5.74) is 5.65. The van der Waals surface area contributed by atoms with E-state index in [1.54, 1.807) is 0 Å². The van der Waals surface area contributed by atoms with E-state index in [-0.39, 0.29) is 0 Å². The van der Waals surface area contributed by atoms with E-state index in [0.29, 0.717) is 5.92 Å². The Labute approximate surface area is 94.6 Å². The Hall–Kier alpha value is -0.120. The van der Waals surface area contributed by atoms with Crippen LogP contribution in [-0.2, 0) is 0 Å². The maximum atomic E-state index is 5.65. The Morgan fingerprint density at radius 2 is 1.40 bits per heavy atom. The first-order valence-corrected chi connectivity index (χ1v) is 6.26. The third-order valence-corrected chi connectivity index (χ3v) is 3.06. The van der Waals surface area contributed by atoms with Crippen LogP contribution in [0.3, 0.4) is 0 Å². The fraction of sp³-hybridized carbons (Fsp3) is 1.00. The van der Waals surface area contributed by atoms with Crippen molar-refractivity contribution in [3.05, 3.63) is 0 Å². The van der Waals surface area contributed by atoms with Crippen molar-refractivity contribution in [2.24, 2.45) is 17.6 Å². The average molecular weight is 213 g/mol. The van der Waals surface area contributed by atoms with E-state index in [4.69, 9.17) is 5.73 Å². The fourth-order valence-electron chi connectivity index (χ4n) is 2.19. The third kappa shape index (κ3) is 4.96. The van der Waals surface area contributed by atoms with Crippen LogP contribution in [0.25, 0.3) is 0 Å². The van der Waals surface area contributed by atoms with Crippen LogP contribution < -0.4 is 5.73 Å². The molecule has 0 spiro atoms. The van der Waals surface area contributed by atoms with Crippen molar-refractivity contribution in [2.75, 3.05) is 45.8 Å². The van der Waals surface area contributed by atoms with E-state index < -0.39 is 0 Å². The fourth-order valence-corrected chi connectivity index (χ4v) is 2.19. The van der Waals surface area contributed by atoms with Gasteiger partial charge in [-0.3, -0.25) is 0 Å². The summed E-state index contributed by atoms with van der Waals surface area (Å²) in [4.78, 5) is 5.13. The minimum absolute atomic E-state index is 0.640. The van der Waals surface area contributed by atoms with Crippen LogP contribution >= 0.6 is 0 Å². The smallest absolute Gasteiger partial charge is 0.0110 e. The van der Waals surface area contributed by atoms with Crippen LogP contribution in [-0.4, -0.2) is 55.6 Å². The molecule has 0 aromatic carbocycles. The van der Waals surface area contributed by atoms with Crippen LogP contribution in [0, 0.1) is 11.8 Å². The van der Waals surface area contributed by atoms with Crippen molar-refractivity contribution in [1.82, 2.24) is 9.80 Å². The van der Waals surface area contributed by atoms with E-state index in [2.05, 4.69) is 30.6 Å². The van der Waals surface area contributed by atoms with Gasteiger partial charge in [0.25, 0.3) is 0 Å². The van der Waals surface area contributed by atoms with Gasteiger partial charge in [0.2, 0.25) is 0 Å². The molecular formula is C12H27N3. The number of nitrogens with zero attached hydrogens (tertiary/aromatic N) is 2. The molecule has 0 saturated carbocycles. The zero-order valence-corrected chi connectivity index (χ0v) is 10.6. The van der Waals surface area contributed by atoms with Crippen LogP contribution in [0.2, 0.25) is 0 Å². The normalized spacial score (nSPS) is 22.2. The second-order valence-corrected chi connectivity index (χ2v) is 5.34. The molecule has 0 aromatic heterocycles. The minimum Gasteiger partial charge on any atom is -0.330 e. The quantitative estimate of drug-likeness (QED) is 0.735. The summed E-state index contributed by atoms with van der Waals surface area (Å²) in [7, 11) is 0. The highest BCUT2D eigenvalue weighted by atomic mass is 15.3. The maximum absolute atomic E-state index is 5.65. The lowest BCUT2D eigenvalue weighted by Crippen LogP contribution is -2.48. The topological polar surface area (TPSA) is 32.5 Å². The monoisotopic (exact) mass is 213 g/mol. The molecule has 1 aliphatic heterocycles. The zero-order chi connectivity index (χ0) is 11.3. The van der Waals surface area contributed by atoms with Gasteiger partial charge in [0.05, 0.1) is 0 Å². The first kappa shape index (κ1) is 12.9. The lowest BCUT2D eigenvalue weighted by Gasteiger charge is -2.36. The molecule has 0 amide bonds. The van der Waals surface area contributed by atoms with Gasteiger partial charge in [-0.1, -0.05) is 20.8 Å². The van der Waals surface area contributed by atoms with Crippen molar-refractivity contribution >= 4 is 0 Å². The predicted molar refractivity (Wildman–Crippen MR) is 65.9 cm³/mol. The average Bonchev–Trinajstić information content (AvgIpc) is 2.20. The van der Waals surface area contributed by atoms with Crippen molar-refractivity contribution < 1.29 is 0 Å². The first-order valence-electron chi connectivity index (χ1n) is 6.26. The Kier molecular flexibility index (Phi) is 5.58. The summed E-state index contributed by atoms with van der Waals surface area (Å²) in [6.45, 7) is 15.0. The van der Waals surface area contributed by atoms with Crippen LogP contribution in [0.4, 0.5) is 0 Å². The van der Waals surface area contributed by atoms with E-state index >= 15 is 0 Å². The molecule has 1 aliphatic rings. The third-order valence-electron chi connectivity index (χ3n) is 3.06. The molecule has 1 fully saturated rings. The zero-order valence-electron chi connectivity index (χ0n) is 10.6. The number of hydrogen-bond donors (Lipinski definition) is 1. The lowest BCUT2D eigenvalue weighted by molar-refractivity contribution is 0.112. The molecule has 1 heterocycles. The van der Waals surface area contributed by atoms with Gasteiger partial charge in [0.15, 0.2) is 0 Å². The number of rotatable bonds is 5. The van der Waals surface area contributed by atoms with Gasteiger partial charge in [-0.15, -0.1) is 0 Å². The highest BCUT2D eigenvalue weighted by molar-refractivity contribution is 4.74. The molecule has 3 heteroatoms. The van der Waals surface area contributed by atoms with Crippen molar-refractivity contribution in [3.8, 4) is 0 Å². The molecule has 1 saturated heterocycles. The summed E-state index contributed by atoms with van der Waals surface area (Å²) < 4.78 is 0. The van der Waals surface area contributed by atoms with E-state index in [1.165, 1.54) is 39.3 Å². The summed E-state index contributed by atoms with van der Waals surface area (Å²) in [5, 5.41) is 0. The first-order chi connectivity index (χ1) is 7.11. The van der Waals surface area contributed by atoms with Gasteiger partial charge in [0.1, 0.15) is 0 Å². The molecule has 2 N–H and O–H groups in total. The molecule has 15 heavy (non-hydrogen) atoms. The minimum atomic E-state index is 0.640. The SMILES string of the molecule is CC(C)CN1CCN(CC(C)CN)CC1. The molecule has 1 rings (SSSR count). The Morgan fingerprint density at radius 1 is 0.933 bits per heavy atom. The summed E-state index contributed by atoms with van der Waals surface area (Å²) in [5.74, 6) is 1.43. The summed E-state index contributed by atoms with van der Waals surface area (Å²) >= 11 is 0. The highest BCUT2D eigenvalue weighted by Crippen LogP contribution is 2.07. The molecule has 1 atom stereocenters. The van der Waals surface area contributed by atoms with Gasteiger partial charge in [-0.2, -0.15) is 0 Å². The Morgan fingerprint density at radius 3 is 1.80 bits per heavy atom. The van der Waals surface area contributed by atoms with Gasteiger partial charge < -0.3 is 15.5 Å². The van der Waals surface area contributed by atoms with E-state index in [0.717, 1.165) is 12.5 Å². The van der Waals surface area contributed by atoms with Crippen molar-refractivity contribution in [2.45, 2.75) is 20.8 Å². The molecule has 3 nitrogen and oxygen atoms in total. The molecule has 0 bridgehead atoms. The largest absolute Gasteiger partial charge is 0.330 e. The maximum Gasteiger partial charge on any atom is 0.0110 e. The molecule has 90 valence electrons. The van der Waals surface area contributed by atoms with Crippen LogP contribution in [0.5, 0.6) is 0 Å². The highest BCUT2D eigenvalue weighted by Gasteiger charge is 2.18. The molecule has 0 aliphatic carbocycles. The predicted octanol–water partition coefficient (Wildman–Crippen LogP) is 0.855. The Bertz CT molecular complexity index is 162. The van der Waals surface area contributed by atoms with Crippen LogP contribution in [0.1, 0.15) is 20.8 Å². The molecule has 0 aromatic rings. The number of hydrogen-bond acceptors (Lipinski definition) is 3. The number of nitrogens with two attached hydrogens (primary N) is 1. The standard InChI is InChI=1S/C12H27N3/c1-11(2)9-14-4-6-15(7-5-14)10-12(3)8-13/h11-12H,4-10,13H2,1-3H3. The van der Waals surface area contributed by atoms with E-state index in [9.17, 15) is 0 Å².